The van der Waals surface area contributed by atoms with Crippen LogP contribution in [0.1, 0.15) is 36.2 Å². The Kier molecular flexibility index (Phi) is 6.97. The predicted molar refractivity (Wildman–Crippen MR) is 78.8 cm³/mol. The Morgan fingerprint density at radius 1 is 1.32 bits per heavy atom. The van der Waals surface area contributed by atoms with Crippen LogP contribution in [0.4, 0.5) is 5.69 Å². The number of carbonyl (C=O) groups excluding carboxylic acids is 1. The number of amides is 1. The molecule has 0 fully saturated rings. The van der Waals surface area contributed by atoms with E-state index in [4.69, 9.17) is 4.74 Å². The Morgan fingerprint density at radius 3 is 2.74 bits per heavy atom. The van der Waals surface area contributed by atoms with Crippen LogP contribution in [-0.4, -0.2) is 32.2 Å². The largest absolute Gasteiger partial charge is 0.385 e. The molecule has 0 heterocycles. The first-order chi connectivity index (χ1) is 9.19. The number of ether oxygens (including phenoxy) is 1. The highest BCUT2D eigenvalue weighted by Gasteiger charge is 2.08. The van der Waals surface area contributed by atoms with Crippen LogP contribution >= 0.6 is 0 Å². The molecule has 0 aromatic heterocycles. The van der Waals surface area contributed by atoms with Gasteiger partial charge in [-0.1, -0.05) is 0 Å². The number of carbonyl (C=O) groups is 1. The molecule has 4 heteroatoms. The lowest BCUT2D eigenvalue weighted by Gasteiger charge is -2.10. The number of aryl methyl sites for hydroxylation is 1. The van der Waals surface area contributed by atoms with Gasteiger partial charge in [-0.05, 0) is 51.0 Å². The van der Waals surface area contributed by atoms with Gasteiger partial charge in [0.05, 0.1) is 0 Å². The van der Waals surface area contributed by atoms with Crippen molar-refractivity contribution >= 4 is 11.6 Å². The zero-order valence-electron chi connectivity index (χ0n) is 12.1. The molecule has 4 nitrogen and oxygen atoms in total. The molecule has 0 radical (unpaired) electrons. The lowest BCUT2D eigenvalue weighted by Crippen LogP contribution is -2.26. The molecule has 0 atom stereocenters. The monoisotopic (exact) mass is 264 g/mol. The molecule has 0 spiro atoms. The highest BCUT2D eigenvalue weighted by atomic mass is 16.5. The van der Waals surface area contributed by atoms with Crippen molar-refractivity contribution in [2.75, 3.05) is 31.6 Å². The fourth-order valence-electron chi connectivity index (χ4n) is 1.85. The van der Waals surface area contributed by atoms with Crippen molar-refractivity contribution in [3.05, 3.63) is 29.3 Å². The minimum absolute atomic E-state index is 0.0166. The summed E-state index contributed by atoms with van der Waals surface area (Å²) >= 11 is 0. The summed E-state index contributed by atoms with van der Waals surface area (Å²) in [5.41, 5.74) is 2.77. The van der Waals surface area contributed by atoms with Gasteiger partial charge in [-0.2, -0.15) is 0 Å². The van der Waals surface area contributed by atoms with Crippen molar-refractivity contribution in [2.45, 2.75) is 27.2 Å². The topological polar surface area (TPSA) is 50.4 Å². The van der Waals surface area contributed by atoms with Crippen LogP contribution in [0.25, 0.3) is 0 Å². The van der Waals surface area contributed by atoms with Gasteiger partial charge >= 0.3 is 0 Å². The molecule has 0 aliphatic carbocycles. The maximum absolute atomic E-state index is 12.0. The Balaban J connectivity index is 2.48. The van der Waals surface area contributed by atoms with Crippen molar-refractivity contribution in [1.82, 2.24) is 5.32 Å². The predicted octanol–water partition coefficient (Wildman–Crippen LogP) is 2.58. The second kappa shape index (κ2) is 8.53. The maximum Gasteiger partial charge on any atom is 0.251 e. The molecule has 0 aliphatic heterocycles. The molecule has 0 aliphatic rings. The summed E-state index contributed by atoms with van der Waals surface area (Å²) < 4.78 is 5.23. The van der Waals surface area contributed by atoms with Crippen LogP contribution in [-0.2, 0) is 4.74 Å². The van der Waals surface area contributed by atoms with Gasteiger partial charge in [0.15, 0.2) is 0 Å². The Morgan fingerprint density at radius 2 is 2.11 bits per heavy atom. The van der Waals surface area contributed by atoms with Gasteiger partial charge in [-0.15, -0.1) is 0 Å². The maximum atomic E-state index is 12.0. The van der Waals surface area contributed by atoms with E-state index in [2.05, 4.69) is 10.6 Å². The quantitative estimate of drug-likeness (QED) is 0.710. The molecule has 2 N–H and O–H groups in total. The van der Waals surface area contributed by atoms with Crippen LogP contribution in [0, 0.1) is 6.92 Å². The molecule has 1 amide bonds. The number of anilines is 1. The average Bonchev–Trinajstić information content (AvgIpc) is 2.39. The summed E-state index contributed by atoms with van der Waals surface area (Å²) in [6, 6.07) is 5.80. The second-order valence-corrected chi connectivity index (χ2v) is 4.37. The number of hydrogen-bond donors (Lipinski definition) is 2. The van der Waals surface area contributed by atoms with Gasteiger partial charge in [0.2, 0.25) is 0 Å². The third-order valence-corrected chi connectivity index (χ3v) is 2.81. The van der Waals surface area contributed by atoms with Crippen LogP contribution in [0.3, 0.4) is 0 Å². The third kappa shape index (κ3) is 5.30. The minimum Gasteiger partial charge on any atom is -0.385 e. The third-order valence-electron chi connectivity index (χ3n) is 2.81. The van der Waals surface area contributed by atoms with E-state index < -0.39 is 0 Å². The molecule has 0 unspecified atom stereocenters. The van der Waals surface area contributed by atoms with Crippen LogP contribution < -0.4 is 10.6 Å². The van der Waals surface area contributed by atoms with E-state index in [1.54, 1.807) is 0 Å². The molecular formula is C15H24N2O2. The summed E-state index contributed by atoms with van der Waals surface area (Å²) in [5, 5.41) is 6.14. The Bertz CT molecular complexity index is 405. The molecule has 0 saturated carbocycles. The first kappa shape index (κ1) is 15.5. The van der Waals surface area contributed by atoms with Gasteiger partial charge in [-0.3, -0.25) is 4.79 Å². The number of nitrogens with one attached hydrogen (secondary N) is 2. The molecule has 0 bridgehead atoms. The summed E-state index contributed by atoms with van der Waals surface area (Å²) in [6.45, 7) is 8.90. The second-order valence-electron chi connectivity index (χ2n) is 4.37. The molecular weight excluding hydrogens is 240 g/mol. The normalized spacial score (nSPS) is 10.3. The summed E-state index contributed by atoms with van der Waals surface area (Å²) in [6.07, 6.45) is 0.841. The van der Waals surface area contributed by atoms with Crippen LogP contribution in [0.15, 0.2) is 18.2 Å². The highest BCUT2D eigenvalue weighted by Crippen LogP contribution is 2.14. The molecule has 106 valence electrons. The number of benzene rings is 1. The molecule has 1 rings (SSSR count). The lowest BCUT2D eigenvalue weighted by atomic mass is 10.1. The van der Waals surface area contributed by atoms with E-state index in [0.717, 1.165) is 36.4 Å². The zero-order chi connectivity index (χ0) is 14.1. The molecule has 0 saturated heterocycles. The zero-order valence-corrected chi connectivity index (χ0v) is 12.1. The molecule has 19 heavy (non-hydrogen) atoms. The Hall–Kier alpha value is -1.55. The fourth-order valence-corrected chi connectivity index (χ4v) is 1.85. The van der Waals surface area contributed by atoms with Crippen molar-refractivity contribution < 1.29 is 9.53 Å². The van der Waals surface area contributed by atoms with E-state index in [-0.39, 0.29) is 5.91 Å². The van der Waals surface area contributed by atoms with E-state index in [9.17, 15) is 4.79 Å². The van der Waals surface area contributed by atoms with Crippen molar-refractivity contribution in [3.63, 3.8) is 0 Å². The SMILES string of the molecule is CCNc1ccc(C(=O)NCCCOCC)c(C)c1. The summed E-state index contributed by atoms with van der Waals surface area (Å²) in [4.78, 5) is 12.0. The minimum atomic E-state index is -0.0166. The van der Waals surface area contributed by atoms with Gasteiger partial charge < -0.3 is 15.4 Å². The standard InChI is InChI=1S/C15H24N2O2/c1-4-16-13-7-8-14(12(3)11-13)15(18)17-9-6-10-19-5-2/h7-8,11,16H,4-6,9-10H2,1-3H3,(H,17,18). The van der Waals surface area contributed by atoms with E-state index in [1.807, 2.05) is 39.0 Å². The molecule has 1 aromatic carbocycles. The van der Waals surface area contributed by atoms with Crippen LogP contribution in [0.5, 0.6) is 0 Å². The van der Waals surface area contributed by atoms with Gasteiger partial charge in [0.1, 0.15) is 0 Å². The average molecular weight is 264 g/mol. The van der Waals surface area contributed by atoms with E-state index in [0.29, 0.717) is 13.2 Å². The first-order valence-corrected chi connectivity index (χ1v) is 6.89. The van der Waals surface area contributed by atoms with Crippen LogP contribution in [0.2, 0.25) is 0 Å². The smallest absolute Gasteiger partial charge is 0.251 e. The summed E-state index contributed by atoms with van der Waals surface area (Å²) in [7, 11) is 0. The Labute approximate surface area is 115 Å². The van der Waals surface area contributed by atoms with Gasteiger partial charge in [-0.25, -0.2) is 0 Å². The van der Waals surface area contributed by atoms with Crippen molar-refractivity contribution in [3.8, 4) is 0 Å². The first-order valence-electron chi connectivity index (χ1n) is 6.89. The van der Waals surface area contributed by atoms with E-state index >= 15 is 0 Å². The van der Waals surface area contributed by atoms with E-state index in [1.165, 1.54) is 0 Å². The van der Waals surface area contributed by atoms with Crippen molar-refractivity contribution in [1.29, 1.82) is 0 Å². The van der Waals surface area contributed by atoms with Gasteiger partial charge in [0, 0.05) is 37.6 Å². The van der Waals surface area contributed by atoms with Gasteiger partial charge in [0.25, 0.3) is 5.91 Å². The fraction of sp³-hybridized carbons (Fsp3) is 0.533. The summed E-state index contributed by atoms with van der Waals surface area (Å²) in [5.74, 6) is -0.0166. The lowest BCUT2D eigenvalue weighted by molar-refractivity contribution is 0.0943. The van der Waals surface area contributed by atoms with Crippen molar-refractivity contribution in [2.24, 2.45) is 0 Å². The number of rotatable bonds is 8. The highest BCUT2D eigenvalue weighted by molar-refractivity contribution is 5.96. The molecule has 1 aromatic rings. The number of hydrogen-bond acceptors (Lipinski definition) is 3.